The molecule has 0 aliphatic carbocycles. The predicted molar refractivity (Wildman–Crippen MR) is 89.5 cm³/mol. The SMILES string of the molecule is CCCCC(CN)NC(=O)C(C)NC(=O)c1ccc(Br)s1. The molecule has 1 rings (SSSR count). The third kappa shape index (κ3) is 6.15. The summed E-state index contributed by atoms with van der Waals surface area (Å²) in [5.41, 5.74) is 5.65. The lowest BCUT2D eigenvalue weighted by Crippen LogP contribution is -2.49. The van der Waals surface area contributed by atoms with E-state index in [1.165, 1.54) is 11.3 Å². The van der Waals surface area contributed by atoms with Crippen LogP contribution in [0.5, 0.6) is 0 Å². The molecular weight excluding hydrogens is 354 g/mol. The third-order valence-corrected chi connectivity index (χ3v) is 4.70. The summed E-state index contributed by atoms with van der Waals surface area (Å²) >= 11 is 4.64. The van der Waals surface area contributed by atoms with Crippen molar-refractivity contribution in [3.63, 3.8) is 0 Å². The molecule has 0 aromatic carbocycles. The topological polar surface area (TPSA) is 84.2 Å². The maximum Gasteiger partial charge on any atom is 0.262 e. The van der Waals surface area contributed by atoms with Crippen LogP contribution in [0.15, 0.2) is 15.9 Å². The Kier molecular flexibility index (Phi) is 7.92. The summed E-state index contributed by atoms with van der Waals surface area (Å²) in [6.07, 6.45) is 2.94. The van der Waals surface area contributed by atoms with Gasteiger partial charge >= 0.3 is 0 Å². The smallest absolute Gasteiger partial charge is 0.262 e. The van der Waals surface area contributed by atoms with Gasteiger partial charge in [0.25, 0.3) is 5.91 Å². The van der Waals surface area contributed by atoms with Gasteiger partial charge in [-0.3, -0.25) is 9.59 Å². The second kappa shape index (κ2) is 9.17. The number of thiophene rings is 1. The van der Waals surface area contributed by atoms with Gasteiger partial charge in [0.2, 0.25) is 5.91 Å². The summed E-state index contributed by atoms with van der Waals surface area (Å²) in [4.78, 5) is 24.6. The Labute approximate surface area is 137 Å². The van der Waals surface area contributed by atoms with Crippen LogP contribution in [0, 0.1) is 0 Å². The van der Waals surface area contributed by atoms with Crippen molar-refractivity contribution in [2.75, 3.05) is 6.54 Å². The van der Waals surface area contributed by atoms with E-state index in [-0.39, 0.29) is 17.9 Å². The molecule has 2 unspecified atom stereocenters. The Hall–Kier alpha value is -0.920. The van der Waals surface area contributed by atoms with E-state index in [4.69, 9.17) is 5.73 Å². The van der Waals surface area contributed by atoms with E-state index in [1.807, 2.05) is 0 Å². The minimum atomic E-state index is -0.589. The number of hydrogen-bond acceptors (Lipinski definition) is 4. The molecule has 0 aliphatic heterocycles. The second-order valence-electron chi connectivity index (χ2n) is 4.88. The minimum absolute atomic E-state index is 0.0346. The van der Waals surface area contributed by atoms with Crippen LogP contribution in [0.3, 0.4) is 0 Å². The first-order valence-electron chi connectivity index (χ1n) is 7.04. The second-order valence-corrected chi connectivity index (χ2v) is 7.35. The van der Waals surface area contributed by atoms with E-state index in [2.05, 4.69) is 33.5 Å². The lowest BCUT2D eigenvalue weighted by Gasteiger charge is -2.20. The zero-order valence-electron chi connectivity index (χ0n) is 12.3. The van der Waals surface area contributed by atoms with Crippen molar-refractivity contribution in [2.45, 2.75) is 45.2 Å². The maximum absolute atomic E-state index is 12.1. The van der Waals surface area contributed by atoms with Crippen LogP contribution in [0.25, 0.3) is 0 Å². The van der Waals surface area contributed by atoms with Crippen LogP contribution >= 0.6 is 27.3 Å². The van der Waals surface area contributed by atoms with Gasteiger partial charge in [-0.05, 0) is 41.4 Å². The number of unbranched alkanes of at least 4 members (excludes halogenated alkanes) is 1. The van der Waals surface area contributed by atoms with E-state index in [0.717, 1.165) is 23.0 Å². The van der Waals surface area contributed by atoms with Crippen molar-refractivity contribution in [2.24, 2.45) is 5.73 Å². The number of halogens is 1. The van der Waals surface area contributed by atoms with Crippen molar-refractivity contribution in [1.82, 2.24) is 10.6 Å². The Bertz CT molecular complexity index is 479. The number of carbonyl (C=O) groups excluding carboxylic acids is 2. The molecular formula is C14H22BrN3O2S. The van der Waals surface area contributed by atoms with Crippen LogP contribution in [0.4, 0.5) is 0 Å². The zero-order valence-corrected chi connectivity index (χ0v) is 14.7. The average molecular weight is 376 g/mol. The number of amides is 2. The molecule has 0 spiro atoms. The van der Waals surface area contributed by atoms with Gasteiger partial charge in [-0.1, -0.05) is 19.8 Å². The van der Waals surface area contributed by atoms with Crippen LogP contribution in [0.1, 0.15) is 42.8 Å². The number of nitrogens with two attached hydrogens (primary N) is 1. The molecule has 118 valence electrons. The monoisotopic (exact) mass is 375 g/mol. The molecule has 4 N–H and O–H groups in total. The fourth-order valence-corrected chi connectivity index (χ4v) is 3.08. The van der Waals surface area contributed by atoms with Crippen molar-refractivity contribution in [3.8, 4) is 0 Å². The predicted octanol–water partition coefficient (Wildman–Crippen LogP) is 2.26. The van der Waals surface area contributed by atoms with Crippen molar-refractivity contribution < 1.29 is 9.59 Å². The molecule has 0 saturated carbocycles. The normalized spacial score (nSPS) is 13.5. The van der Waals surface area contributed by atoms with Crippen LogP contribution in [-0.2, 0) is 4.79 Å². The average Bonchev–Trinajstić information content (AvgIpc) is 2.89. The molecule has 1 aromatic rings. The Balaban J connectivity index is 2.48. The first-order valence-corrected chi connectivity index (χ1v) is 8.65. The molecule has 0 radical (unpaired) electrons. The van der Waals surface area contributed by atoms with E-state index < -0.39 is 6.04 Å². The van der Waals surface area contributed by atoms with Crippen molar-refractivity contribution in [3.05, 3.63) is 20.8 Å². The summed E-state index contributed by atoms with van der Waals surface area (Å²) in [5.74, 6) is -0.447. The van der Waals surface area contributed by atoms with Gasteiger partial charge in [0.1, 0.15) is 6.04 Å². The largest absolute Gasteiger partial charge is 0.350 e. The summed E-state index contributed by atoms with van der Waals surface area (Å²) in [6, 6.07) is 2.90. The van der Waals surface area contributed by atoms with Gasteiger partial charge in [0.05, 0.1) is 8.66 Å². The van der Waals surface area contributed by atoms with Crippen molar-refractivity contribution in [1.29, 1.82) is 0 Å². The highest BCUT2D eigenvalue weighted by atomic mass is 79.9. The minimum Gasteiger partial charge on any atom is -0.350 e. The Morgan fingerprint density at radius 1 is 1.38 bits per heavy atom. The highest BCUT2D eigenvalue weighted by Crippen LogP contribution is 2.21. The van der Waals surface area contributed by atoms with E-state index in [9.17, 15) is 9.59 Å². The molecule has 7 heteroatoms. The quantitative estimate of drug-likeness (QED) is 0.651. The van der Waals surface area contributed by atoms with E-state index in [1.54, 1.807) is 19.1 Å². The van der Waals surface area contributed by atoms with Gasteiger partial charge in [0, 0.05) is 12.6 Å². The number of carbonyl (C=O) groups is 2. The molecule has 0 fully saturated rings. The first kappa shape index (κ1) is 18.1. The lowest BCUT2D eigenvalue weighted by atomic mass is 10.1. The fourth-order valence-electron chi connectivity index (χ4n) is 1.80. The summed E-state index contributed by atoms with van der Waals surface area (Å²) < 4.78 is 0.882. The molecule has 0 saturated heterocycles. The van der Waals surface area contributed by atoms with Crippen LogP contribution in [0.2, 0.25) is 0 Å². The molecule has 0 bridgehead atoms. The number of rotatable bonds is 8. The molecule has 0 aliphatic rings. The fraction of sp³-hybridized carbons (Fsp3) is 0.571. The highest BCUT2D eigenvalue weighted by Gasteiger charge is 2.19. The molecule has 2 amide bonds. The summed E-state index contributed by atoms with van der Waals surface area (Å²) in [7, 11) is 0. The van der Waals surface area contributed by atoms with E-state index >= 15 is 0 Å². The van der Waals surface area contributed by atoms with Gasteiger partial charge in [0.15, 0.2) is 0 Å². The van der Waals surface area contributed by atoms with Gasteiger partial charge in [-0.2, -0.15) is 0 Å². The third-order valence-electron chi connectivity index (χ3n) is 3.07. The van der Waals surface area contributed by atoms with Crippen LogP contribution in [-0.4, -0.2) is 30.4 Å². The first-order chi connectivity index (χ1) is 9.97. The number of hydrogen-bond donors (Lipinski definition) is 3. The maximum atomic E-state index is 12.1. The summed E-state index contributed by atoms with van der Waals surface area (Å²) in [5, 5.41) is 5.57. The number of nitrogens with one attached hydrogen (secondary N) is 2. The van der Waals surface area contributed by atoms with Crippen molar-refractivity contribution >= 4 is 39.1 Å². The standard InChI is InChI=1S/C14H22BrN3O2S/c1-3-4-5-10(8-16)18-13(19)9(2)17-14(20)11-6-7-12(15)21-11/h6-7,9-10H,3-5,8,16H2,1-2H3,(H,17,20)(H,18,19). The van der Waals surface area contributed by atoms with Crippen LogP contribution < -0.4 is 16.4 Å². The highest BCUT2D eigenvalue weighted by molar-refractivity contribution is 9.11. The molecule has 2 atom stereocenters. The molecule has 1 aromatic heterocycles. The Morgan fingerprint density at radius 3 is 2.62 bits per heavy atom. The van der Waals surface area contributed by atoms with Gasteiger partial charge in [-0.25, -0.2) is 0 Å². The molecule has 21 heavy (non-hydrogen) atoms. The summed E-state index contributed by atoms with van der Waals surface area (Å²) in [6.45, 7) is 4.17. The zero-order chi connectivity index (χ0) is 15.8. The van der Waals surface area contributed by atoms with E-state index in [0.29, 0.717) is 11.4 Å². The molecule has 5 nitrogen and oxygen atoms in total. The Morgan fingerprint density at radius 2 is 2.10 bits per heavy atom. The van der Waals surface area contributed by atoms with Gasteiger partial charge < -0.3 is 16.4 Å². The lowest BCUT2D eigenvalue weighted by molar-refractivity contribution is -0.123. The molecule has 1 heterocycles. The van der Waals surface area contributed by atoms with Gasteiger partial charge in [-0.15, -0.1) is 11.3 Å².